The highest BCUT2D eigenvalue weighted by molar-refractivity contribution is 5.42. The van der Waals surface area contributed by atoms with Crippen LogP contribution in [0.5, 0.6) is 0 Å². The van der Waals surface area contributed by atoms with E-state index in [2.05, 4.69) is 37.6 Å². The minimum absolute atomic E-state index is 0.365. The zero-order valence-corrected chi connectivity index (χ0v) is 11.7. The van der Waals surface area contributed by atoms with Gasteiger partial charge in [-0.15, -0.1) is 0 Å². The predicted octanol–water partition coefficient (Wildman–Crippen LogP) is -0.413. The third-order valence-corrected chi connectivity index (χ3v) is 3.19. The van der Waals surface area contributed by atoms with Crippen molar-refractivity contribution in [3.63, 3.8) is 0 Å². The van der Waals surface area contributed by atoms with Crippen molar-refractivity contribution >= 4 is 17.8 Å². The SMILES string of the molecule is CN1CCC(CNc2nc(NN)nc(N(C)C)n2)C1. The van der Waals surface area contributed by atoms with E-state index in [0.29, 0.717) is 23.8 Å². The molecule has 0 aromatic carbocycles. The molecule has 1 aromatic rings. The molecule has 1 aliphatic rings. The van der Waals surface area contributed by atoms with Gasteiger partial charge in [-0.05, 0) is 25.9 Å². The fourth-order valence-electron chi connectivity index (χ4n) is 2.14. The topological polar surface area (TPSA) is 95.2 Å². The number of nitrogen functional groups attached to an aromatic ring is 1. The monoisotopic (exact) mass is 266 g/mol. The second-order valence-electron chi connectivity index (χ2n) is 5.12. The van der Waals surface area contributed by atoms with E-state index >= 15 is 0 Å². The molecule has 1 aliphatic heterocycles. The molecule has 1 atom stereocenters. The number of hydrogen-bond acceptors (Lipinski definition) is 8. The molecule has 0 amide bonds. The van der Waals surface area contributed by atoms with Crippen LogP contribution in [0.3, 0.4) is 0 Å². The average Bonchev–Trinajstić information content (AvgIpc) is 2.81. The highest BCUT2D eigenvalue weighted by Crippen LogP contribution is 2.16. The minimum Gasteiger partial charge on any atom is -0.354 e. The van der Waals surface area contributed by atoms with Crippen molar-refractivity contribution in [1.29, 1.82) is 0 Å². The Morgan fingerprint density at radius 1 is 1.32 bits per heavy atom. The normalized spacial score (nSPS) is 19.5. The van der Waals surface area contributed by atoms with E-state index in [1.54, 1.807) is 0 Å². The molecule has 8 heteroatoms. The van der Waals surface area contributed by atoms with E-state index in [4.69, 9.17) is 5.84 Å². The third kappa shape index (κ3) is 3.65. The van der Waals surface area contributed by atoms with E-state index in [0.717, 1.165) is 19.6 Å². The van der Waals surface area contributed by atoms with E-state index in [1.165, 1.54) is 6.42 Å². The molecule has 0 bridgehead atoms. The third-order valence-electron chi connectivity index (χ3n) is 3.19. The predicted molar refractivity (Wildman–Crippen MR) is 76.1 cm³/mol. The molecule has 0 radical (unpaired) electrons. The highest BCUT2D eigenvalue weighted by atomic mass is 15.4. The number of nitrogens with zero attached hydrogens (tertiary/aromatic N) is 5. The van der Waals surface area contributed by atoms with Crippen molar-refractivity contribution in [2.75, 3.05) is 56.4 Å². The number of nitrogens with two attached hydrogens (primary N) is 1. The van der Waals surface area contributed by atoms with Crippen LogP contribution in [0.4, 0.5) is 17.8 Å². The smallest absolute Gasteiger partial charge is 0.243 e. The first-order chi connectivity index (χ1) is 9.08. The van der Waals surface area contributed by atoms with Gasteiger partial charge in [-0.25, -0.2) is 5.84 Å². The average molecular weight is 266 g/mol. The van der Waals surface area contributed by atoms with Crippen molar-refractivity contribution in [1.82, 2.24) is 19.9 Å². The van der Waals surface area contributed by atoms with Crippen LogP contribution < -0.4 is 21.5 Å². The molecule has 8 nitrogen and oxygen atoms in total. The van der Waals surface area contributed by atoms with E-state index < -0.39 is 0 Å². The maximum atomic E-state index is 5.37. The van der Waals surface area contributed by atoms with Crippen LogP contribution in [0.1, 0.15) is 6.42 Å². The number of hydrazine groups is 1. The van der Waals surface area contributed by atoms with Gasteiger partial charge in [-0.2, -0.15) is 15.0 Å². The van der Waals surface area contributed by atoms with Crippen molar-refractivity contribution in [3.05, 3.63) is 0 Å². The van der Waals surface area contributed by atoms with Crippen LogP contribution in [0.2, 0.25) is 0 Å². The van der Waals surface area contributed by atoms with Crippen LogP contribution in [0.25, 0.3) is 0 Å². The summed E-state index contributed by atoms with van der Waals surface area (Å²) in [5.41, 5.74) is 2.46. The molecule has 1 saturated heterocycles. The Bertz CT molecular complexity index is 421. The number of anilines is 3. The van der Waals surface area contributed by atoms with Crippen LogP contribution in [-0.4, -0.2) is 60.6 Å². The second-order valence-corrected chi connectivity index (χ2v) is 5.12. The summed E-state index contributed by atoms with van der Waals surface area (Å²) in [5.74, 6) is 7.51. The van der Waals surface area contributed by atoms with Crippen LogP contribution in [-0.2, 0) is 0 Å². The number of nitrogens with one attached hydrogen (secondary N) is 2. The summed E-state index contributed by atoms with van der Waals surface area (Å²) in [7, 11) is 5.90. The first-order valence-corrected chi connectivity index (χ1v) is 6.41. The Balaban J connectivity index is 2.00. The Morgan fingerprint density at radius 3 is 2.63 bits per heavy atom. The van der Waals surface area contributed by atoms with Crippen LogP contribution in [0.15, 0.2) is 0 Å². The van der Waals surface area contributed by atoms with Crippen molar-refractivity contribution in [3.8, 4) is 0 Å². The number of hydrogen-bond donors (Lipinski definition) is 3. The molecule has 1 fully saturated rings. The van der Waals surface area contributed by atoms with Crippen LogP contribution in [0, 0.1) is 5.92 Å². The molecule has 106 valence electrons. The zero-order chi connectivity index (χ0) is 13.8. The first kappa shape index (κ1) is 13.8. The summed E-state index contributed by atoms with van der Waals surface area (Å²) >= 11 is 0. The first-order valence-electron chi connectivity index (χ1n) is 6.41. The summed E-state index contributed by atoms with van der Waals surface area (Å²) in [6.07, 6.45) is 1.21. The molecule has 0 spiro atoms. The quantitative estimate of drug-likeness (QED) is 0.489. The van der Waals surface area contributed by atoms with Gasteiger partial charge in [0.05, 0.1) is 0 Å². The van der Waals surface area contributed by atoms with Crippen molar-refractivity contribution in [2.24, 2.45) is 11.8 Å². The Hall–Kier alpha value is -1.67. The molecule has 2 rings (SSSR count). The standard InChI is InChI=1S/C11H22N8/c1-18(2)11-15-9(14-10(16-11)17-12)13-6-8-4-5-19(3)7-8/h8H,4-7,12H2,1-3H3,(H2,13,14,15,16,17). The molecule has 1 unspecified atom stereocenters. The van der Waals surface area contributed by atoms with Gasteiger partial charge in [-0.1, -0.05) is 0 Å². The van der Waals surface area contributed by atoms with E-state index in [9.17, 15) is 0 Å². The summed E-state index contributed by atoms with van der Waals surface area (Å²) in [6.45, 7) is 3.13. The lowest BCUT2D eigenvalue weighted by Crippen LogP contribution is -2.22. The van der Waals surface area contributed by atoms with Crippen molar-refractivity contribution in [2.45, 2.75) is 6.42 Å². The van der Waals surface area contributed by atoms with Crippen molar-refractivity contribution < 1.29 is 0 Å². The maximum Gasteiger partial charge on any atom is 0.243 e. The van der Waals surface area contributed by atoms with Gasteiger partial charge in [0.2, 0.25) is 17.8 Å². The highest BCUT2D eigenvalue weighted by Gasteiger charge is 2.19. The molecule has 19 heavy (non-hydrogen) atoms. The molecule has 2 heterocycles. The zero-order valence-electron chi connectivity index (χ0n) is 11.7. The Labute approximate surface area is 113 Å². The van der Waals surface area contributed by atoms with Gasteiger partial charge in [0.1, 0.15) is 0 Å². The van der Waals surface area contributed by atoms with Gasteiger partial charge in [0, 0.05) is 27.2 Å². The Morgan fingerprint density at radius 2 is 2.05 bits per heavy atom. The largest absolute Gasteiger partial charge is 0.354 e. The van der Waals surface area contributed by atoms with E-state index in [-0.39, 0.29) is 0 Å². The van der Waals surface area contributed by atoms with E-state index in [1.807, 2.05) is 19.0 Å². The fourth-order valence-corrected chi connectivity index (χ4v) is 2.14. The molecular weight excluding hydrogens is 244 g/mol. The second kappa shape index (κ2) is 5.98. The molecule has 0 saturated carbocycles. The molecule has 4 N–H and O–H groups in total. The van der Waals surface area contributed by atoms with Gasteiger partial charge in [-0.3, -0.25) is 5.43 Å². The molecular formula is C11H22N8. The summed E-state index contributed by atoms with van der Waals surface area (Å²) in [5, 5.41) is 3.27. The summed E-state index contributed by atoms with van der Waals surface area (Å²) in [6, 6.07) is 0. The minimum atomic E-state index is 0.365. The van der Waals surface area contributed by atoms with Gasteiger partial charge < -0.3 is 15.1 Å². The van der Waals surface area contributed by atoms with Gasteiger partial charge in [0.15, 0.2) is 0 Å². The van der Waals surface area contributed by atoms with Crippen LogP contribution >= 0.6 is 0 Å². The number of aromatic nitrogens is 3. The molecule has 0 aliphatic carbocycles. The summed E-state index contributed by atoms with van der Waals surface area (Å²) < 4.78 is 0. The van der Waals surface area contributed by atoms with Gasteiger partial charge in [0.25, 0.3) is 0 Å². The lowest BCUT2D eigenvalue weighted by molar-refractivity contribution is 0.399. The Kier molecular flexibility index (Phi) is 4.33. The molecule has 1 aromatic heterocycles. The number of likely N-dealkylation sites (tertiary alicyclic amines) is 1. The van der Waals surface area contributed by atoms with Gasteiger partial charge >= 0.3 is 0 Å². The lowest BCUT2D eigenvalue weighted by Gasteiger charge is -2.15. The number of rotatable bonds is 5. The maximum absolute atomic E-state index is 5.37. The fraction of sp³-hybridized carbons (Fsp3) is 0.727. The lowest BCUT2D eigenvalue weighted by atomic mass is 10.1. The summed E-state index contributed by atoms with van der Waals surface area (Å²) in [4.78, 5) is 16.9.